The van der Waals surface area contributed by atoms with Crippen molar-refractivity contribution in [3.05, 3.63) is 96.6 Å². The SMILES string of the molecule is CCCCC/C=C\[C@@H]1C[C@]1(NC(=O)[C@@H]1C[C@@H](Oc2nc3ccc(C)cc3s2)CN1C(=O)CNc1ccccc1)C(=O)NOc1ccccc1.[HH].[HH].[HH]. The fraction of sp³-hybridized carbons (Fsp3) is 0.368. The summed E-state index contributed by atoms with van der Waals surface area (Å²) in [6.45, 7) is 4.40. The number of unbranched alkanes of at least 4 members (excludes halogenated alkanes) is 3. The number of hydrogen-bond donors (Lipinski definition) is 3. The molecule has 1 aromatic heterocycles. The van der Waals surface area contributed by atoms with E-state index in [0.717, 1.165) is 47.2 Å². The van der Waals surface area contributed by atoms with E-state index >= 15 is 0 Å². The van der Waals surface area contributed by atoms with Crippen LogP contribution in [0.1, 0.15) is 55.3 Å². The number of nitrogens with one attached hydrogen (secondary N) is 3. The first-order chi connectivity index (χ1) is 23.8. The molecule has 4 atom stereocenters. The summed E-state index contributed by atoms with van der Waals surface area (Å²) in [4.78, 5) is 53.3. The van der Waals surface area contributed by atoms with Gasteiger partial charge < -0.3 is 25.1 Å². The van der Waals surface area contributed by atoms with Gasteiger partial charge in [-0.05, 0) is 68.1 Å². The summed E-state index contributed by atoms with van der Waals surface area (Å²) in [5.41, 5.74) is 4.13. The van der Waals surface area contributed by atoms with Gasteiger partial charge >= 0.3 is 0 Å². The van der Waals surface area contributed by atoms with Gasteiger partial charge in [0.05, 0.1) is 23.3 Å². The quantitative estimate of drug-likeness (QED) is 0.0705. The van der Waals surface area contributed by atoms with Gasteiger partial charge in [-0.1, -0.05) is 85.7 Å². The molecule has 6 rings (SSSR count). The van der Waals surface area contributed by atoms with E-state index in [9.17, 15) is 14.4 Å². The Morgan fingerprint density at radius 2 is 1.84 bits per heavy atom. The molecule has 0 spiro atoms. The Balaban J connectivity index is 0.00000243. The lowest BCUT2D eigenvalue weighted by atomic mass is 10.1. The number of allylic oxidation sites excluding steroid dienone is 1. The van der Waals surface area contributed by atoms with E-state index < -0.39 is 29.5 Å². The summed E-state index contributed by atoms with van der Waals surface area (Å²) in [6.07, 6.45) is 8.54. The van der Waals surface area contributed by atoms with E-state index in [1.54, 1.807) is 17.0 Å². The van der Waals surface area contributed by atoms with Crippen molar-refractivity contribution < 1.29 is 28.2 Å². The Morgan fingerprint density at radius 3 is 2.61 bits per heavy atom. The zero-order chi connectivity index (χ0) is 34.2. The first kappa shape index (κ1) is 34.0. The van der Waals surface area contributed by atoms with E-state index in [1.165, 1.54) is 11.3 Å². The van der Waals surface area contributed by atoms with E-state index in [1.807, 2.05) is 73.7 Å². The number of nitrogens with zero attached hydrogens (tertiary/aromatic N) is 2. The van der Waals surface area contributed by atoms with Crippen LogP contribution < -0.4 is 25.7 Å². The van der Waals surface area contributed by atoms with Crippen molar-refractivity contribution >= 4 is 45.0 Å². The number of ether oxygens (including phenoxy) is 1. The summed E-state index contributed by atoms with van der Waals surface area (Å²) >= 11 is 1.44. The van der Waals surface area contributed by atoms with Crippen LogP contribution in [0.3, 0.4) is 0 Å². The van der Waals surface area contributed by atoms with E-state index in [4.69, 9.17) is 9.57 Å². The zero-order valence-corrected chi connectivity index (χ0v) is 28.7. The highest BCUT2D eigenvalue weighted by Gasteiger charge is 2.61. The van der Waals surface area contributed by atoms with Crippen LogP contribution in [0, 0.1) is 12.8 Å². The van der Waals surface area contributed by atoms with Gasteiger partial charge in [-0.3, -0.25) is 14.4 Å². The maximum atomic E-state index is 14.2. The summed E-state index contributed by atoms with van der Waals surface area (Å²) < 4.78 is 7.32. The number of carbonyl (C=O) groups excluding carboxylic acids is 3. The second kappa shape index (κ2) is 15.5. The van der Waals surface area contributed by atoms with Crippen LogP contribution in [0.4, 0.5) is 5.69 Å². The fourth-order valence-electron chi connectivity index (χ4n) is 6.19. The number of carbonyl (C=O) groups is 3. The van der Waals surface area contributed by atoms with Crippen LogP contribution in [0.25, 0.3) is 10.2 Å². The van der Waals surface area contributed by atoms with Crippen molar-refractivity contribution in [3.63, 3.8) is 0 Å². The van der Waals surface area contributed by atoms with Gasteiger partial charge in [-0.2, -0.15) is 5.48 Å². The van der Waals surface area contributed by atoms with Gasteiger partial charge in [0.1, 0.15) is 17.7 Å². The summed E-state index contributed by atoms with van der Waals surface area (Å²) in [5.74, 6) is -0.818. The number of likely N-dealkylation sites (tertiary alicyclic amines) is 1. The summed E-state index contributed by atoms with van der Waals surface area (Å²) in [7, 11) is 0. The number of aryl methyl sites for hydroxylation is 1. The van der Waals surface area contributed by atoms with Gasteiger partial charge in [0.25, 0.3) is 11.1 Å². The number of hydrogen-bond acceptors (Lipinski definition) is 8. The molecular formula is C38H49N5O5S. The average molecular weight is 688 g/mol. The third-order valence-corrected chi connectivity index (χ3v) is 9.92. The number of amides is 3. The number of anilines is 1. The first-order valence-corrected chi connectivity index (χ1v) is 17.8. The molecule has 2 fully saturated rings. The van der Waals surface area contributed by atoms with Crippen molar-refractivity contribution in [1.29, 1.82) is 0 Å². The van der Waals surface area contributed by atoms with Crippen molar-refractivity contribution in [2.45, 2.75) is 70.1 Å². The molecule has 1 saturated carbocycles. The molecule has 0 unspecified atom stereocenters. The normalized spacial score (nSPS) is 21.4. The lowest BCUT2D eigenvalue weighted by molar-refractivity contribution is -0.140. The second-order valence-electron chi connectivity index (χ2n) is 12.7. The molecule has 2 aliphatic rings. The largest absolute Gasteiger partial charge is 0.465 e. The minimum absolute atomic E-state index is 0. The Bertz CT molecular complexity index is 1800. The lowest BCUT2D eigenvalue weighted by Crippen LogP contribution is -2.56. The standard InChI is InChI=1S/C38H43N5O5S.3H2/c1-3-4-5-6-9-14-27-23-38(27,36(46)42-48-29-17-12-8-13-18-29)41-35(45)32-22-30(47-37-40-31-20-19-26(2)21-33(31)49-37)25-43(32)34(44)24-39-28-15-10-7-11-16-28;;;/h7-21,27,30,32,39H,3-6,22-25H2,1-2H3,(H,41,45)(H,42,46);3*1H/b14-9-;;;/t27-,30-,32+,38-;;;/m1.../s1. The fourth-order valence-corrected chi connectivity index (χ4v) is 7.17. The van der Waals surface area contributed by atoms with Crippen molar-refractivity contribution in [2.75, 3.05) is 18.4 Å². The third kappa shape index (κ3) is 8.40. The highest BCUT2D eigenvalue weighted by molar-refractivity contribution is 7.20. The predicted molar refractivity (Wildman–Crippen MR) is 198 cm³/mol. The van der Waals surface area contributed by atoms with Gasteiger partial charge in [0.15, 0.2) is 5.75 Å². The first-order valence-electron chi connectivity index (χ1n) is 17.0. The third-order valence-electron chi connectivity index (χ3n) is 9.01. The Hall–Kier alpha value is -4.90. The molecular weight excluding hydrogens is 639 g/mol. The summed E-state index contributed by atoms with van der Waals surface area (Å²) in [5, 5.41) is 6.71. The lowest BCUT2D eigenvalue weighted by Gasteiger charge is -2.26. The molecule has 11 heteroatoms. The number of thiazole rings is 1. The number of rotatable bonds is 15. The number of aromatic nitrogens is 1. The molecule has 1 aliphatic carbocycles. The maximum absolute atomic E-state index is 14.2. The Labute approximate surface area is 295 Å². The molecule has 0 bridgehead atoms. The van der Waals surface area contributed by atoms with Crippen molar-refractivity contribution in [1.82, 2.24) is 20.7 Å². The molecule has 0 radical (unpaired) electrons. The van der Waals surface area contributed by atoms with Gasteiger partial charge in [-0.25, -0.2) is 4.98 Å². The molecule has 10 nitrogen and oxygen atoms in total. The van der Waals surface area contributed by atoms with Crippen molar-refractivity contribution in [3.8, 4) is 10.9 Å². The number of fused-ring (bicyclic) bond motifs is 1. The Kier molecular flexibility index (Phi) is 10.8. The predicted octanol–water partition coefficient (Wildman–Crippen LogP) is 6.92. The molecule has 2 heterocycles. The van der Waals surface area contributed by atoms with E-state index in [0.29, 0.717) is 17.4 Å². The van der Waals surface area contributed by atoms with Crippen LogP contribution in [0.15, 0.2) is 91.0 Å². The molecule has 4 aromatic rings. The average Bonchev–Trinajstić information content (AvgIpc) is 3.41. The van der Waals surface area contributed by atoms with Gasteiger partial charge in [0.2, 0.25) is 11.8 Å². The highest BCUT2D eigenvalue weighted by atomic mass is 32.1. The smallest absolute Gasteiger partial charge is 0.278 e. The van der Waals surface area contributed by atoms with Gasteiger partial charge in [-0.15, -0.1) is 0 Å². The number of para-hydroxylation sites is 2. The van der Waals surface area contributed by atoms with Gasteiger partial charge in [0, 0.05) is 22.3 Å². The van der Waals surface area contributed by atoms with E-state index in [-0.39, 0.29) is 35.6 Å². The van der Waals surface area contributed by atoms with Crippen LogP contribution in [-0.2, 0) is 14.4 Å². The number of hydroxylamine groups is 1. The minimum atomic E-state index is -1.20. The Morgan fingerprint density at radius 1 is 1.06 bits per heavy atom. The molecule has 3 aromatic carbocycles. The molecule has 3 N–H and O–H groups in total. The van der Waals surface area contributed by atoms with Crippen molar-refractivity contribution in [2.24, 2.45) is 5.92 Å². The molecule has 1 saturated heterocycles. The number of benzene rings is 3. The van der Waals surface area contributed by atoms with Crippen LogP contribution in [-0.4, -0.2) is 58.4 Å². The zero-order valence-electron chi connectivity index (χ0n) is 27.9. The van der Waals surface area contributed by atoms with Crippen LogP contribution in [0.5, 0.6) is 10.9 Å². The highest BCUT2D eigenvalue weighted by Crippen LogP contribution is 2.45. The maximum Gasteiger partial charge on any atom is 0.278 e. The van der Waals surface area contributed by atoms with Crippen LogP contribution >= 0.6 is 11.3 Å². The second-order valence-corrected chi connectivity index (χ2v) is 13.7. The topological polar surface area (TPSA) is 122 Å². The molecule has 49 heavy (non-hydrogen) atoms. The molecule has 1 aliphatic heterocycles. The summed E-state index contributed by atoms with van der Waals surface area (Å²) in [6, 6.07) is 23.6. The monoisotopic (exact) mass is 687 g/mol. The van der Waals surface area contributed by atoms with E-state index in [2.05, 4.69) is 40.2 Å². The molecule has 3 amide bonds. The minimum Gasteiger partial charge on any atom is -0.465 e. The molecule has 262 valence electrons. The van der Waals surface area contributed by atoms with Crippen LogP contribution in [0.2, 0.25) is 0 Å².